The molecule has 0 saturated heterocycles. The fraction of sp³-hybridized carbons (Fsp3) is 0.357. The predicted molar refractivity (Wildman–Crippen MR) is 94.0 cm³/mol. The number of rotatable bonds is 6. The maximum Gasteiger partial charge on any atom is 0.239 e. The normalized spacial score (nSPS) is 9.65. The molecule has 2 rings (SSSR count). The van der Waals surface area contributed by atoms with Gasteiger partial charge in [-0.05, 0) is 19.1 Å². The van der Waals surface area contributed by atoms with Gasteiger partial charge in [0.1, 0.15) is 5.82 Å². The van der Waals surface area contributed by atoms with Crippen molar-refractivity contribution in [1.29, 1.82) is 0 Å². The molecule has 0 atom stereocenters. The Kier molecular flexibility index (Phi) is 9.24. The number of halogens is 2. The van der Waals surface area contributed by atoms with E-state index in [0.29, 0.717) is 13.1 Å². The van der Waals surface area contributed by atoms with Crippen LogP contribution in [-0.2, 0) is 16.1 Å². The number of nitrogens with one attached hydrogen (secondary N) is 2. The minimum absolute atomic E-state index is 0. The highest BCUT2D eigenvalue weighted by Crippen LogP contribution is 2.14. The number of aryl methyl sites for hydroxylation is 1. The molecule has 0 aliphatic carbocycles. The largest absolute Gasteiger partial charge is 0.353 e. The van der Waals surface area contributed by atoms with E-state index in [4.69, 9.17) is 5.73 Å². The number of fused-ring (bicyclic) bond motifs is 1. The van der Waals surface area contributed by atoms with Gasteiger partial charge in [-0.3, -0.25) is 9.59 Å². The first-order chi connectivity index (χ1) is 10.1. The molecule has 7 nitrogen and oxygen atoms in total. The van der Waals surface area contributed by atoms with Gasteiger partial charge in [0.15, 0.2) is 0 Å². The Morgan fingerprint density at radius 1 is 1.17 bits per heavy atom. The SMILES string of the molecule is Cc1nc2ccccc2n1CCNC(=O)CNC(=O)CN.Cl.Cl. The fourth-order valence-electron chi connectivity index (χ4n) is 2.10. The quantitative estimate of drug-likeness (QED) is 0.691. The third-order valence-corrected chi connectivity index (χ3v) is 3.13. The van der Waals surface area contributed by atoms with Crippen LogP contribution in [0.25, 0.3) is 11.0 Å². The average molecular weight is 362 g/mol. The minimum atomic E-state index is -0.346. The molecular formula is C14H21Cl2N5O2. The van der Waals surface area contributed by atoms with Crippen molar-refractivity contribution >= 4 is 47.7 Å². The van der Waals surface area contributed by atoms with E-state index >= 15 is 0 Å². The highest BCUT2D eigenvalue weighted by molar-refractivity contribution is 5.86. The maximum absolute atomic E-state index is 11.5. The van der Waals surface area contributed by atoms with Crippen LogP contribution in [0, 0.1) is 6.92 Å². The number of nitrogens with zero attached hydrogens (tertiary/aromatic N) is 2. The van der Waals surface area contributed by atoms with Gasteiger partial charge in [-0.15, -0.1) is 24.8 Å². The number of para-hydroxylation sites is 2. The monoisotopic (exact) mass is 361 g/mol. The second-order valence-electron chi connectivity index (χ2n) is 4.63. The summed E-state index contributed by atoms with van der Waals surface area (Å²) < 4.78 is 2.05. The second-order valence-corrected chi connectivity index (χ2v) is 4.63. The molecule has 128 valence electrons. The topological polar surface area (TPSA) is 102 Å². The molecule has 0 aliphatic heterocycles. The Bertz CT molecular complexity index is 660. The average Bonchev–Trinajstić information content (AvgIpc) is 2.81. The summed E-state index contributed by atoms with van der Waals surface area (Å²) in [5.74, 6) is 0.322. The summed E-state index contributed by atoms with van der Waals surface area (Å²) in [6, 6.07) is 7.86. The van der Waals surface area contributed by atoms with Crippen LogP contribution >= 0.6 is 24.8 Å². The molecule has 2 aromatic rings. The number of carbonyl (C=O) groups is 2. The molecule has 0 spiro atoms. The highest BCUT2D eigenvalue weighted by atomic mass is 35.5. The number of aromatic nitrogens is 2. The van der Waals surface area contributed by atoms with Gasteiger partial charge in [0.05, 0.1) is 24.1 Å². The van der Waals surface area contributed by atoms with Gasteiger partial charge in [-0.1, -0.05) is 12.1 Å². The lowest BCUT2D eigenvalue weighted by molar-refractivity contribution is -0.125. The Balaban J connectivity index is 0.00000242. The van der Waals surface area contributed by atoms with E-state index in [-0.39, 0.29) is 49.7 Å². The van der Waals surface area contributed by atoms with Crippen molar-refractivity contribution < 1.29 is 9.59 Å². The molecule has 0 radical (unpaired) electrons. The van der Waals surface area contributed by atoms with Gasteiger partial charge in [-0.25, -0.2) is 4.98 Å². The van der Waals surface area contributed by atoms with Crippen molar-refractivity contribution in [3.63, 3.8) is 0 Å². The van der Waals surface area contributed by atoms with Crippen LogP contribution in [0.15, 0.2) is 24.3 Å². The van der Waals surface area contributed by atoms with Gasteiger partial charge >= 0.3 is 0 Å². The van der Waals surface area contributed by atoms with E-state index in [9.17, 15) is 9.59 Å². The summed E-state index contributed by atoms with van der Waals surface area (Å²) in [7, 11) is 0. The van der Waals surface area contributed by atoms with E-state index < -0.39 is 0 Å². The molecule has 2 amide bonds. The third kappa shape index (κ3) is 5.70. The zero-order chi connectivity index (χ0) is 15.2. The van der Waals surface area contributed by atoms with E-state index in [1.807, 2.05) is 35.8 Å². The molecule has 0 fully saturated rings. The van der Waals surface area contributed by atoms with Crippen LogP contribution in [-0.4, -0.2) is 41.0 Å². The smallest absolute Gasteiger partial charge is 0.239 e. The molecule has 4 N–H and O–H groups in total. The number of imidazole rings is 1. The number of benzene rings is 1. The van der Waals surface area contributed by atoms with Crippen LogP contribution in [0.5, 0.6) is 0 Å². The van der Waals surface area contributed by atoms with Gasteiger partial charge in [-0.2, -0.15) is 0 Å². The van der Waals surface area contributed by atoms with E-state index in [1.165, 1.54) is 0 Å². The van der Waals surface area contributed by atoms with Gasteiger partial charge < -0.3 is 20.9 Å². The van der Waals surface area contributed by atoms with Crippen LogP contribution in [0.3, 0.4) is 0 Å². The van der Waals surface area contributed by atoms with Gasteiger partial charge in [0, 0.05) is 13.1 Å². The summed E-state index contributed by atoms with van der Waals surface area (Å²) in [5, 5.41) is 5.17. The molecule has 9 heteroatoms. The zero-order valence-corrected chi connectivity index (χ0v) is 14.4. The Hall–Kier alpha value is -1.83. The summed E-state index contributed by atoms with van der Waals surface area (Å²) in [6.45, 7) is 2.86. The molecule has 1 aromatic heterocycles. The number of hydrogen-bond acceptors (Lipinski definition) is 4. The lowest BCUT2D eigenvalue weighted by atomic mass is 10.3. The summed E-state index contributed by atoms with van der Waals surface area (Å²) in [6.07, 6.45) is 0. The van der Waals surface area contributed by atoms with Crippen molar-refractivity contribution in [3.8, 4) is 0 Å². The van der Waals surface area contributed by atoms with Crippen LogP contribution in [0.4, 0.5) is 0 Å². The number of nitrogens with two attached hydrogens (primary N) is 1. The van der Waals surface area contributed by atoms with Crippen LogP contribution in [0.2, 0.25) is 0 Å². The zero-order valence-electron chi connectivity index (χ0n) is 12.7. The summed E-state index contributed by atoms with van der Waals surface area (Å²) in [4.78, 5) is 26.9. The number of amides is 2. The Morgan fingerprint density at radius 3 is 2.57 bits per heavy atom. The molecule has 23 heavy (non-hydrogen) atoms. The van der Waals surface area contributed by atoms with Crippen molar-refractivity contribution in [2.45, 2.75) is 13.5 Å². The third-order valence-electron chi connectivity index (χ3n) is 3.13. The highest BCUT2D eigenvalue weighted by Gasteiger charge is 2.07. The van der Waals surface area contributed by atoms with Crippen molar-refractivity contribution in [1.82, 2.24) is 20.2 Å². The van der Waals surface area contributed by atoms with E-state index in [2.05, 4.69) is 15.6 Å². The summed E-state index contributed by atoms with van der Waals surface area (Å²) >= 11 is 0. The molecule has 1 heterocycles. The first kappa shape index (κ1) is 21.2. The lowest BCUT2D eigenvalue weighted by Crippen LogP contribution is -2.40. The van der Waals surface area contributed by atoms with Crippen molar-refractivity contribution in [2.24, 2.45) is 5.73 Å². The first-order valence-corrected chi connectivity index (χ1v) is 6.77. The molecule has 0 aliphatic rings. The van der Waals surface area contributed by atoms with Crippen molar-refractivity contribution in [3.05, 3.63) is 30.1 Å². The standard InChI is InChI=1S/C14H19N5O2.2ClH/c1-10-18-11-4-2-3-5-12(11)19(10)7-6-16-14(21)9-17-13(20)8-15;;/h2-5H,6-9,15H2,1H3,(H,16,21)(H,17,20);2*1H. The Labute approximate surface area is 146 Å². The number of carbonyl (C=O) groups excluding carboxylic acids is 2. The van der Waals surface area contributed by atoms with Crippen molar-refractivity contribution in [2.75, 3.05) is 19.6 Å². The molecule has 0 unspecified atom stereocenters. The molecule has 0 bridgehead atoms. The summed E-state index contributed by atoms with van der Waals surface area (Å²) in [5.41, 5.74) is 7.12. The predicted octanol–water partition coefficient (Wildman–Crippen LogP) is 0.379. The first-order valence-electron chi connectivity index (χ1n) is 6.77. The van der Waals surface area contributed by atoms with Crippen LogP contribution in [0.1, 0.15) is 5.82 Å². The van der Waals surface area contributed by atoms with Gasteiger partial charge in [0.2, 0.25) is 11.8 Å². The maximum atomic E-state index is 11.5. The second kappa shape index (κ2) is 10.0. The molecule has 0 saturated carbocycles. The van der Waals surface area contributed by atoms with E-state index in [1.54, 1.807) is 0 Å². The van der Waals surface area contributed by atoms with Gasteiger partial charge in [0.25, 0.3) is 0 Å². The minimum Gasteiger partial charge on any atom is -0.353 e. The Morgan fingerprint density at radius 2 is 1.87 bits per heavy atom. The van der Waals surface area contributed by atoms with E-state index in [0.717, 1.165) is 16.9 Å². The molecular weight excluding hydrogens is 341 g/mol. The van der Waals surface area contributed by atoms with Crippen LogP contribution < -0.4 is 16.4 Å². The molecule has 1 aromatic carbocycles. The fourth-order valence-corrected chi connectivity index (χ4v) is 2.10. The number of hydrogen-bond donors (Lipinski definition) is 3. The lowest BCUT2D eigenvalue weighted by Gasteiger charge is -2.09.